The quantitative estimate of drug-likeness (QED) is 0.593. The predicted octanol–water partition coefficient (Wildman–Crippen LogP) is 3.28. The molecule has 0 bridgehead atoms. The van der Waals surface area contributed by atoms with Crippen LogP contribution in [0.5, 0.6) is 5.75 Å². The second kappa shape index (κ2) is 9.78. The molecule has 31 heavy (non-hydrogen) atoms. The minimum atomic E-state index is -0.363. The molecule has 2 aliphatic rings. The lowest BCUT2D eigenvalue weighted by Crippen LogP contribution is -2.48. The molecule has 1 aromatic heterocycles. The monoisotopic (exact) mass is 446 g/mol. The molecule has 0 radical (unpaired) electrons. The topological polar surface area (TPSA) is 59.1 Å². The van der Waals surface area contributed by atoms with Gasteiger partial charge in [-0.2, -0.15) is 0 Å². The molecule has 1 atom stereocenters. The Balaban J connectivity index is 1.48. The Hall–Kier alpha value is -2.45. The average molecular weight is 447 g/mol. The summed E-state index contributed by atoms with van der Waals surface area (Å²) in [6.07, 6.45) is 2.56. The van der Waals surface area contributed by atoms with Gasteiger partial charge >= 0.3 is 0 Å². The van der Waals surface area contributed by atoms with Gasteiger partial charge in [0, 0.05) is 37.1 Å². The number of hydrogen-bond acceptors (Lipinski definition) is 5. The molecule has 4 rings (SSSR count). The van der Waals surface area contributed by atoms with E-state index in [1.165, 1.54) is 17.0 Å². The Bertz CT molecular complexity index is 930. The van der Waals surface area contributed by atoms with Gasteiger partial charge in [-0.25, -0.2) is 4.39 Å². The van der Waals surface area contributed by atoms with Crippen LogP contribution in [0, 0.1) is 11.7 Å². The van der Waals surface area contributed by atoms with E-state index in [0.717, 1.165) is 24.8 Å². The highest BCUT2D eigenvalue weighted by Gasteiger charge is 2.37. The molecule has 1 saturated carbocycles. The van der Waals surface area contributed by atoms with Crippen molar-refractivity contribution in [2.45, 2.75) is 25.3 Å². The first-order valence-corrected chi connectivity index (χ1v) is 11.5. The number of carbonyl (C=O) groups is 2. The third-order valence-corrected chi connectivity index (χ3v) is 6.75. The number of hydrogen-bond donors (Lipinski definition) is 0. The van der Waals surface area contributed by atoms with Crippen molar-refractivity contribution in [3.8, 4) is 5.75 Å². The summed E-state index contributed by atoms with van der Waals surface area (Å²) in [4.78, 5) is 30.6. The average Bonchev–Trinajstić information content (AvgIpc) is 3.51. The summed E-state index contributed by atoms with van der Waals surface area (Å²) in [6.45, 7) is 1.63. The lowest BCUT2D eigenvalue weighted by molar-refractivity contribution is -0.143. The largest absolute Gasteiger partial charge is 0.491 e. The van der Waals surface area contributed by atoms with Gasteiger partial charge in [0.2, 0.25) is 11.8 Å². The molecule has 0 N–H and O–H groups in total. The van der Waals surface area contributed by atoms with E-state index >= 15 is 0 Å². The second-order valence-corrected chi connectivity index (χ2v) is 8.95. The highest BCUT2D eigenvalue weighted by atomic mass is 32.1. The van der Waals surface area contributed by atoms with Crippen LogP contribution in [0.1, 0.15) is 29.3 Å². The molecular formula is C23H27FN2O4S. The van der Waals surface area contributed by atoms with Crippen molar-refractivity contribution in [2.24, 2.45) is 5.92 Å². The van der Waals surface area contributed by atoms with Crippen LogP contribution < -0.4 is 4.74 Å². The zero-order chi connectivity index (χ0) is 21.8. The van der Waals surface area contributed by atoms with E-state index in [4.69, 9.17) is 9.47 Å². The summed E-state index contributed by atoms with van der Waals surface area (Å²) in [5, 5.41) is 2.02. The van der Waals surface area contributed by atoms with Gasteiger partial charge in [-0.15, -0.1) is 11.3 Å². The van der Waals surface area contributed by atoms with E-state index in [1.54, 1.807) is 40.4 Å². The minimum Gasteiger partial charge on any atom is -0.491 e. The van der Waals surface area contributed by atoms with Crippen LogP contribution in [-0.2, 0) is 20.7 Å². The Morgan fingerprint density at radius 1 is 1.29 bits per heavy atom. The van der Waals surface area contributed by atoms with Crippen LogP contribution in [-0.4, -0.2) is 61.6 Å². The standard InChI is InChI=1S/C23H27FN2O4S/c1-29-11-10-25(23(28)16-5-6-16)14-22(27)26-9-7-21-19(8-12-31-21)20(26)15-30-18-4-2-3-17(24)13-18/h2-4,8,12-13,16,20H,5-7,9-11,14-15H2,1H3. The summed E-state index contributed by atoms with van der Waals surface area (Å²) >= 11 is 1.67. The molecular weight excluding hydrogens is 419 g/mol. The summed E-state index contributed by atoms with van der Waals surface area (Å²) in [5.41, 5.74) is 1.07. The normalized spacial score (nSPS) is 17.9. The fraction of sp³-hybridized carbons (Fsp3) is 0.478. The first-order valence-electron chi connectivity index (χ1n) is 10.6. The van der Waals surface area contributed by atoms with Gasteiger partial charge in [-0.1, -0.05) is 6.07 Å². The smallest absolute Gasteiger partial charge is 0.242 e. The van der Waals surface area contributed by atoms with E-state index in [0.29, 0.717) is 25.4 Å². The maximum absolute atomic E-state index is 13.5. The highest BCUT2D eigenvalue weighted by Crippen LogP contribution is 2.35. The number of nitrogens with zero attached hydrogens (tertiary/aromatic N) is 2. The molecule has 8 heteroatoms. The first-order chi connectivity index (χ1) is 15.1. The number of ether oxygens (including phenoxy) is 2. The van der Waals surface area contributed by atoms with Gasteiger partial charge in [0.1, 0.15) is 18.2 Å². The molecule has 1 unspecified atom stereocenters. The molecule has 1 fully saturated rings. The molecule has 1 aliphatic heterocycles. The van der Waals surface area contributed by atoms with E-state index in [-0.39, 0.29) is 42.7 Å². The maximum Gasteiger partial charge on any atom is 0.242 e. The van der Waals surface area contributed by atoms with E-state index in [2.05, 4.69) is 0 Å². The van der Waals surface area contributed by atoms with E-state index in [9.17, 15) is 14.0 Å². The third kappa shape index (κ3) is 5.25. The van der Waals surface area contributed by atoms with Crippen molar-refractivity contribution in [3.63, 3.8) is 0 Å². The van der Waals surface area contributed by atoms with Crippen molar-refractivity contribution in [3.05, 3.63) is 52.0 Å². The van der Waals surface area contributed by atoms with Crippen molar-refractivity contribution in [2.75, 3.05) is 40.0 Å². The van der Waals surface area contributed by atoms with Crippen molar-refractivity contribution >= 4 is 23.2 Å². The van der Waals surface area contributed by atoms with Crippen LogP contribution >= 0.6 is 11.3 Å². The van der Waals surface area contributed by atoms with E-state index < -0.39 is 0 Å². The van der Waals surface area contributed by atoms with Gasteiger partial charge < -0.3 is 19.3 Å². The Morgan fingerprint density at radius 3 is 2.87 bits per heavy atom. The molecule has 6 nitrogen and oxygen atoms in total. The van der Waals surface area contributed by atoms with Crippen molar-refractivity contribution in [1.82, 2.24) is 9.80 Å². The van der Waals surface area contributed by atoms with Crippen LogP contribution in [0.25, 0.3) is 0 Å². The zero-order valence-electron chi connectivity index (χ0n) is 17.6. The Kier molecular flexibility index (Phi) is 6.87. The fourth-order valence-corrected chi connectivity index (χ4v) is 4.85. The predicted molar refractivity (Wildman–Crippen MR) is 116 cm³/mol. The Morgan fingerprint density at radius 2 is 2.13 bits per heavy atom. The molecule has 0 saturated heterocycles. The number of fused-ring (bicyclic) bond motifs is 1. The van der Waals surface area contributed by atoms with Gasteiger partial charge in [-0.05, 0) is 48.4 Å². The zero-order valence-corrected chi connectivity index (χ0v) is 18.4. The highest BCUT2D eigenvalue weighted by molar-refractivity contribution is 7.10. The number of benzene rings is 1. The van der Waals surface area contributed by atoms with Crippen LogP contribution in [0.3, 0.4) is 0 Å². The molecule has 2 amide bonds. The maximum atomic E-state index is 13.5. The first kappa shape index (κ1) is 21.8. The fourth-order valence-electron chi connectivity index (χ4n) is 3.92. The van der Waals surface area contributed by atoms with Gasteiger partial charge in [0.15, 0.2) is 0 Å². The summed E-state index contributed by atoms with van der Waals surface area (Å²) in [5.74, 6) is 0.0423. The lowest BCUT2D eigenvalue weighted by Gasteiger charge is -2.37. The number of halogens is 1. The molecule has 166 valence electrons. The van der Waals surface area contributed by atoms with Crippen LogP contribution in [0.4, 0.5) is 4.39 Å². The number of methoxy groups -OCH3 is 1. The summed E-state index contributed by atoms with van der Waals surface area (Å²) in [7, 11) is 1.59. The molecule has 0 spiro atoms. The number of rotatable bonds is 9. The lowest BCUT2D eigenvalue weighted by atomic mass is 10.0. The Labute approximate surface area is 185 Å². The van der Waals surface area contributed by atoms with Crippen molar-refractivity contribution in [1.29, 1.82) is 0 Å². The molecule has 1 aliphatic carbocycles. The van der Waals surface area contributed by atoms with Gasteiger partial charge in [0.05, 0.1) is 19.2 Å². The summed E-state index contributed by atoms with van der Waals surface area (Å²) in [6, 6.07) is 7.76. The van der Waals surface area contributed by atoms with Gasteiger partial charge in [0.25, 0.3) is 0 Å². The second-order valence-electron chi connectivity index (χ2n) is 7.95. The summed E-state index contributed by atoms with van der Waals surface area (Å²) < 4.78 is 24.5. The molecule has 2 heterocycles. The van der Waals surface area contributed by atoms with Gasteiger partial charge in [-0.3, -0.25) is 9.59 Å². The number of thiophene rings is 1. The SMILES string of the molecule is COCCN(CC(=O)N1CCc2sccc2C1COc1cccc(F)c1)C(=O)C1CC1. The van der Waals surface area contributed by atoms with Crippen molar-refractivity contribution < 1.29 is 23.5 Å². The minimum absolute atomic E-state index is 0.0335. The number of amides is 2. The third-order valence-electron chi connectivity index (χ3n) is 5.75. The molecule has 2 aromatic rings. The van der Waals surface area contributed by atoms with Crippen LogP contribution in [0.2, 0.25) is 0 Å². The van der Waals surface area contributed by atoms with Crippen LogP contribution in [0.15, 0.2) is 35.7 Å². The number of carbonyl (C=O) groups excluding carboxylic acids is 2. The molecule has 1 aromatic carbocycles. The van der Waals surface area contributed by atoms with E-state index in [1.807, 2.05) is 11.4 Å².